The summed E-state index contributed by atoms with van der Waals surface area (Å²) in [5.41, 5.74) is 0. The summed E-state index contributed by atoms with van der Waals surface area (Å²) in [7, 11) is 0. The molecule has 3 atom stereocenters. The molecule has 2 N–H and O–H groups in total. The minimum Gasteiger partial charge on any atom is -0.396 e. The molecule has 3 unspecified atom stereocenters. The molecule has 1 heterocycles. The lowest BCUT2D eigenvalue weighted by molar-refractivity contribution is -0.183. The minimum absolute atomic E-state index is 0.0138. The van der Waals surface area contributed by atoms with Gasteiger partial charge in [-0.05, 0) is 0 Å². The normalized spacial score (nSPS) is 38.3. The molecule has 0 aromatic rings. The zero-order chi connectivity index (χ0) is 7.56. The molecular weight excluding hydrogens is 132 g/mol. The van der Waals surface area contributed by atoms with Crippen LogP contribution in [0.1, 0.15) is 0 Å². The molecule has 56 valence electrons. The molecule has 3 heteroatoms. The van der Waals surface area contributed by atoms with Crippen molar-refractivity contribution in [1.82, 2.24) is 0 Å². The lowest BCUT2D eigenvalue weighted by atomic mass is 9.91. The van der Waals surface area contributed by atoms with E-state index in [-0.39, 0.29) is 31.3 Å². The Labute approximate surface area is 59.6 Å². The first-order valence-corrected chi connectivity index (χ1v) is 3.16. The summed E-state index contributed by atoms with van der Waals surface area (Å²) in [4.78, 5) is 0. The zero-order valence-electron chi connectivity index (χ0n) is 5.53. The van der Waals surface area contributed by atoms with E-state index >= 15 is 0 Å². The summed E-state index contributed by atoms with van der Waals surface area (Å²) in [6.07, 6.45) is 4.49. The van der Waals surface area contributed by atoms with Crippen molar-refractivity contribution in [1.29, 1.82) is 0 Å². The van der Waals surface area contributed by atoms with Gasteiger partial charge >= 0.3 is 0 Å². The summed E-state index contributed by atoms with van der Waals surface area (Å²) in [6.45, 7) is -0.0799. The van der Waals surface area contributed by atoms with Crippen LogP contribution in [0.2, 0.25) is 0 Å². The largest absolute Gasteiger partial charge is 0.396 e. The van der Waals surface area contributed by atoms with Crippen molar-refractivity contribution in [2.75, 3.05) is 13.2 Å². The topological polar surface area (TPSA) is 49.7 Å². The molecule has 0 aliphatic carbocycles. The van der Waals surface area contributed by atoms with Gasteiger partial charge in [-0.1, -0.05) is 5.92 Å². The molecule has 3 nitrogen and oxygen atoms in total. The highest BCUT2D eigenvalue weighted by atomic mass is 16.5. The summed E-state index contributed by atoms with van der Waals surface area (Å²) in [5, 5.41) is 17.3. The van der Waals surface area contributed by atoms with Crippen LogP contribution >= 0.6 is 0 Å². The van der Waals surface area contributed by atoms with Crippen molar-refractivity contribution in [3.8, 4) is 12.3 Å². The van der Waals surface area contributed by atoms with Gasteiger partial charge in [-0.2, -0.15) is 0 Å². The van der Waals surface area contributed by atoms with Gasteiger partial charge in [-0.3, -0.25) is 0 Å². The van der Waals surface area contributed by atoms with E-state index in [2.05, 4.69) is 5.92 Å². The fraction of sp³-hybridized carbons (Fsp3) is 0.714. The quantitative estimate of drug-likeness (QED) is 0.485. The molecule has 1 fully saturated rings. The number of hydrogen-bond donors (Lipinski definition) is 2. The predicted octanol–water partition coefficient (Wildman–Crippen LogP) is -1.01. The summed E-state index contributed by atoms with van der Waals surface area (Å²) >= 11 is 0. The third-order valence-electron chi connectivity index (χ3n) is 1.74. The highest BCUT2D eigenvalue weighted by molar-refractivity contribution is 5.06. The molecule has 0 aromatic carbocycles. The molecule has 10 heavy (non-hydrogen) atoms. The maximum Gasteiger partial charge on any atom is 0.126 e. The van der Waals surface area contributed by atoms with Crippen LogP contribution in [0.25, 0.3) is 0 Å². The lowest BCUT2D eigenvalue weighted by Gasteiger charge is -2.39. The first kappa shape index (κ1) is 7.55. The van der Waals surface area contributed by atoms with Crippen LogP contribution in [0.5, 0.6) is 0 Å². The van der Waals surface area contributed by atoms with E-state index in [9.17, 15) is 0 Å². The monoisotopic (exact) mass is 142 g/mol. The van der Waals surface area contributed by atoms with Crippen molar-refractivity contribution in [3.63, 3.8) is 0 Å². The Morgan fingerprint density at radius 3 is 2.50 bits per heavy atom. The van der Waals surface area contributed by atoms with Gasteiger partial charge in [-0.15, -0.1) is 6.42 Å². The average molecular weight is 142 g/mol. The Morgan fingerprint density at radius 1 is 1.40 bits per heavy atom. The van der Waals surface area contributed by atoms with Gasteiger partial charge in [-0.25, -0.2) is 0 Å². The van der Waals surface area contributed by atoms with Gasteiger partial charge in [0.1, 0.15) is 6.10 Å². The Hall–Kier alpha value is -0.560. The molecule has 0 bridgehead atoms. The molecular formula is C7H10O3. The molecule has 0 aromatic heterocycles. The van der Waals surface area contributed by atoms with Crippen molar-refractivity contribution >= 4 is 0 Å². The van der Waals surface area contributed by atoms with Crippen LogP contribution in [0.3, 0.4) is 0 Å². The number of aliphatic hydroxyl groups excluding tert-OH is 2. The van der Waals surface area contributed by atoms with Gasteiger partial charge in [0.15, 0.2) is 0 Å². The van der Waals surface area contributed by atoms with Gasteiger partial charge in [0.25, 0.3) is 0 Å². The van der Waals surface area contributed by atoms with Crippen LogP contribution in [0, 0.1) is 18.3 Å². The number of ether oxygens (including phenoxy) is 1. The van der Waals surface area contributed by atoms with E-state index < -0.39 is 0 Å². The van der Waals surface area contributed by atoms with E-state index in [1.54, 1.807) is 0 Å². The molecule has 0 amide bonds. The average Bonchev–Trinajstić information content (AvgIpc) is 1.89. The van der Waals surface area contributed by atoms with Gasteiger partial charge < -0.3 is 14.9 Å². The van der Waals surface area contributed by atoms with E-state index in [1.807, 2.05) is 0 Å². The molecule has 1 rings (SSSR count). The maximum atomic E-state index is 8.70. The molecule has 0 spiro atoms. The molecule has 0 radical (unpaired) electrons. The molecule has 1 saturated heterocycles. The van der Waals surface area contributed by atoms with Crippen molar-refractivity contribution < 1.29 is 14.9 Å². The summed E-state index contributed by atoms with van der Waals surface area (Å²) < 4.78 is 4.99. The molecule has 0 saturated carbocycles. The first-order chi connectivity index (χ1) is 4.83. The van der Waals surface area contributed by atoms with Crippen LogP contribution in [-0.4, -0.2) is 35.6 Å². The second-order valence-corrected chi connectivity index (χ2v) is 2.29. The Bertz CT molecular complexity index is 149. The Kier molecular flexibility index (Phi) is 2.28. The van der Waals surface area contributed by atoms with Crippen molar-refractivity contribution in [2.45, 2.75) is 12.2 Å². The molecule has 1 aliphatic heterocycles. The third-order valence-corrected chi connectivity index (χ3v) is 1.74. The van der Waals surface area contributed by atoms with E-state index in [1.165, 1.54) is 0 Å². The number of hydrogen-bond acceptors (Lipinski definition) is 3. The predicted molar refractivity (Wildman–Crippen MR) is 35.2 cm³/mol. The number of aliphatic hydroxyl groups is 2. The van der Waals surface area contributed by atoms with Crippen LogP contribution in [-0.2, 0) is 4.74 Å². The SMILES string of the molecule is C#CC1OC(CO)C1CO. The standard InChI is InChI=1S/C7H10O3/c1-2-6-5(3-8)7(4-9)10-6/h1,5-9H,3-4H2. The highest BCUT2D eigenvalue weighted by Crippen LogP contribution is 2.26. The maximum absolute atomic E-state index is 8.70. The van der Waals surface area contributed by atoms with Gasteiger partial charge in [0.05, 0.1) is 19.3 Å². The van der Waals surface area contributed by atoms with Crippen LogP contribution < -0.4 is 0 Å². The highest BCUT2D eigenvalue weighted by Gasteiger charge is 2.40. The smallest absolute Gasteiger partial charge is 0.126 e. The summed E-state index contributed by atoms with van der Waals surface area (Å²) in [5.74, 6) is 2.30. The summed E-state index contributed by atoms with van der Waals surface area (Å²) in [6, 6.07) is 0. The fourth-order valence-electron chi connectivity index (χ4n) is 1.05. The van der Waals surface area contributed by atoms with Crippen LogP contribution in [0.15, 0.2) is 0 Å². The third kappa shape index (κ3) is 1.01. The van der Waals surface area contributed by atoms with Crippen molar-refractivity contribution in [2.24, 2.45) is 5.92 Å². The number of rotatable bonds is 2. The lowest BCUT2D eigenvalue weighted by Crippen LogP contribution is -2.51. The fourth-order valence-corrected chi connectivity index (χ4v) is 1.05. The Morgan fingerprint density at radius 2 is 2.10 bits per heavy atom. The van der Waals surface area contributed by atoms with Gasteiger partial charge in [0, 0.05) is 5.92 Å². The second kappa shape index (κ2) is 3.02. The second-order valence-electron chi connectivity index (χ2n) is 2.29. The zero-order valence-corrected chi connectivity index (χ0v) is 5.53. The van der Waals surface area contributed by atoms with Crippen LogP contribution in [0.4, 0.5) is 0 Å². The van der Waals surface area contributed by atoms with E-state index in [0.29, 0.717) is 0 Å². The van der Waals surface area contributed by atoms with E-state index in [0.717, 1.165) is 0 Å². The minimum atomic E-state index is -0.304. The Balaban J connectivity index is 2.40. The van der Waals surface area contributed by atoms with Gasteiger partial charge in [0.2, 0.25) is 0 Å². The van der Waals surface area contributed by atoms with E-state index in [4.69, 9.17) is 21.4 Å². The van der Waals surface area contributed by atoms with Crippen molar-refractivity contribution in [3.05, 3.63) is 0 Å². The number of terminal acetylenes is 1. The molecule has 1 aliphatic rings. The first-order valence-electron chi connectivity index (χ1n) is 3.16.